The van der Waals surface area contributed by atoms with Crippen LogP contribution in [-0.2, 0) is 0 Å². The highest BCUT2D eigenvalue weighted by Gasteiger charge is 2.21. The zero-order valence-corrected chi connectivity index (χ0v) is 11.9. The largest absolute Gasteiger partial charge is 0.484 e. The van der Waals surface area contributed by atoms with E-state index in [1.165, 1.54) is 6.07 Å². The topological polar surface area (TPSA) is 81.6 Å². The second-order valence-corrected chi connectivity index (χ2v) is 5.40. The number of benzene rings is 1. The molecule has 20 heavy (non-hydrogen) atoms. The molecular weight excluding hydrogens is 258 g/mol. The molecule has 1 aromatic rings. The van der Waals surface area contributed by atoms with Gasteiger partial charge >= 0.3 is 5.69 Å². The lowest BCUT2D eigenvalue weighted by molar-refractivity contribution is -0.386. The van der Waals surface area contributed by atoms with Crippen molar-refractivity contribution in [1.29, 1.82) is 0 Å². The second-order valence-electron chi connectivity index (χ2n) is 5.40. The number of nitrogens with two attached hydrogens (primary N) is 1. The van der Waals surface area contributed by atoms with Crippen LogP contribution in [0.1, 0.15) is 26.7 Å². The Labute approximate surface area is 118 Å². The van der Waals surface area contributed by atoms with Gasteiger partial charge in [-0.05, 0) is 32.8 Å². The van der Waals surface area contributed by atoms with Crippen molar-refractivity contribution >= 4 is 11.4 Å². The van der Waals surface area contributed by atoms with E-state index in [2.05, 4.69) is 4.90 Å². The summed E-state index contributed by atoms with van der Waals surface area (Å²) in [5.74, 6) is 0.331. The Morgan fingerprint density at radius 1 is 1.40 bits per heavy atom. The lowest BCUT2D eigenvalue weighted by atomic mass is 10.1. The molecule has 0 unspecified atom stereocenters. The van der Waals surface area contributed by atoms with Gasteiger partial charge in [0.2, 0.25) is 0 Å². The van der Waals surface area contributed by atoms with Gasteiger partial charge in [-0.2, -0.15) is 0 Å². The van der Waals surface area contributed by atoms with Gasteiger partial charge in [-0.3, -0.25) is 10.1 Å². The fraction of sp³-hybridized carbons (Fsp3) is 0.571. The quantitative estimate of drug-likeness (QED) is 0.675. The maximum absolute atomic E-state index is 11.0. The van der Waals surface area contributed by atoms with E-state index in [0.717, 1.165) is 31.6 Å². The fourth-order valence-electron chi connectivity index (χ4n) is 2.36. The van der Waals surface area contributed by atoms with Crippen LogP contribution in [0.25, 0.3) is 0 Å². The Morgan fingerprint density at radius 2 is 2.05 bits per heavy atom. The number of nitro benzene ring substituents is 1. The van der Waals surface area contributed by atoms with Gasteiger partial charge < -0.3 is 15.4 Å². The molecule has 0 aromatic heterocycles. The van der Waals surface area contributed by atoms with Gasteiger partial charge in [0, 0.05) is 37.0 Å². The lowest BCUT2D eigenvalue weighted by Crippen LogP contribution is -2.39. The van der Waals surface area contributed by atoms with Crippen LogP contribution in [0.4, 0.5) is 11.4 Å². The van der Waals surface area contributed by atoms with Gasteiger partial charge in [0.15, 0.2) is 5.75 Å². The van der Waals surface area contributed by atoms with Gasteiger partial charge in [0.05, 0.1) is 11.0 Å². The molecule has 1 fully saturated rings. The summed E-state index contributed by atoms with van der Waals surface area (Å²) in [6.45, 7) is 5.47. The van der Waals surface area contributed by atoms with Gasteiger partial charge in [-0.25, -0.2) is 0 Å². The summed E-state index contributed by atoms with van der Waals surface area (Å²) in [4.78, 5) is 12.8. The highest BCUT2D eigenvalue weighted by atomic mass is 16.6. The van der Waals surface area contributed by atoms with E-state index in [1.54, 1.807) is 12.1 Å². The van der Waals surface area contributed by atoms with Gasteiger partial charge in [-0.1, -0.05) is 0 Å². The lowest BCUT2D eigenvalue weighted by Gasteiger charge is -2.32. The van der Waals surface area contributed by atoms with Crippen LogP contribution in [-0.4, -0.2) is 30.2 Å². The number of hydrogen-bond acceptors (Lipinski definition) is 5. The van der Waals surface area contributed by atoms with Crippen molar-refractivity contribution in [2.24, 2.45) is 5.73 Å². The molecule has 0 radical (unpaired) electrons. The Bertz CT molecular complexity index is 483. The summed E-state index contributed by atoms with van der Waals surface area (Å²) >= 11 is 0. The number of anilines is 1. The molecule has 2 N–H and O–H groups in total. The van der Waals surface area contributed by atoms with Crippen molar-refractivity contribution in [2.75, 3.05) is 18.0 Å². The summed E-state index contributed by atoms with van der Waals surface area (Å²) < 4.78 is 5.57. The minimum Gasteiger partial charge on any atom is -0.484 e. The zero-order chi connectivity index (χ0) is 14.7. The average molecular weight is 279 g/mol. The predicted molar refractivity (Wildman–Crippen MR) is 78.3 cm³/mol. The summed E-state index contributed by atoms with van der Waals surface area (Å²) in [7, 11) is 0. The van der Waals surface area contributed by atoms with E-state index in [0.29, 0.717) is 5.75 Å². The van der Waals surface area contributed by atoms with E-state index >= 15 is 0 Å². The Morgan fingerprint density at radius 3 is 2.60 bits per heavy atom. The number of ether oxygens (including phenoxy) is 1. The van der Waals surface area contributed by atoms with Crippen LogP contribution in [0, 0.1) is 10.1 Å². The highest BCUT2D eigenvalue weighted by molar-refractivity contribution is 5.59. The Hall–Kier alpha value is -1.82. The minimum absolute atomic E-state index is 0.0103. The van der Waals surface area contributed by atoms with Gasteiger partial charge in [-0.15, -0.1) is 0 Å². The first-order valence-electron chi connectivity index (χ1n) is 6.93. The maximum atomic E-state index is 11.0. The standard InChI is InChI=1S/C14H21N3O3/c1-10(2)20-14-9-12(3-4-13(14)17(18)19)16-7-5-11(15)6-8-16/h3-4,9-11H,5-8,15H2,1-2H3. The molecular formula is C14H21N3O3. The molecule has 1 aliphatic rings. The number of hydrogen-bond donors (Lipinski definition) is 1. The first-order valence-corrected chi connectivity index (χ1v) is 6.93. The van der Waals surface area contributed by atoms with Crippen molar-refractivity contribution < 1.29 is 9.66 Å². The molecule has 6 heteroatoms. The molecule has 0 spiro atoms. The first-order chi connectivity index (χ1) is 9.47. The molecule has 0 amide bonds. The molecule has 0 saturated carbocycles. The van der Waals surface area contributed by atoms with Crippen molar-refractivity contribution in [3.8, 4) is 5.75 Å². The van der Waals surface area contributed by atoms with Crippen LogP contribution in [0.5, 0.6) is 5.75 Å². The van der Waals surface area contributed by atoms with E-state index in [-0.39, 0.29) is 17.8 Å². The van der Waals surface area contributed by atoms with Crippen LogP contribution < -0.4 is 15.4 Å². The molecule has 110 valence electrons. The monoisotopic (exact) mass is 279 g/mol. The van der Waals surface area contributed by atoms with Crippen LogP contribution in [0.3, 0.4) is 0 Å². The Balaban J connectivity index is 2.24. The second kappa shape index (κ2) is 6.09. The zero-order valence-electron chi connectivity index (χ0n) is 11.9. The van der Waals surface area contributed by atoms with E-state index < -0.39 is 4.92 Å². The molecule has 0 bridgehead atoms. The minimum atomic E-state index is -0.409. The van der Waals surface area contributed by atoms with Crippen molar-refractivity contribution in [3.05, 3.63) is 28.3 Å². The molecule has 6 nitrogen and oxygen atoms in total. The average Bonchev–Trinajstić information content (AvgIpc) is 2.38. The molecule has 0 atom stereocenters. The molecule has 0 aliphatic carbocycles. The van der Waals surface area contributed by atoms with E-state index in [4.69, 9.17) is 10.5 Å². The van der Waals surface area contributed by atoms with Crippen molar-refractivity contribution in [2.45, 2.75) is 38.8 Å². The number of piperidine rings is 1. The van der Waals surface area contributed by atoms with Crippen molar-refractivity contribution in [1.82, 2.24) is 0 Å². The first kappa shape index (κ1) is 14.6. The van der Waals surface area contributed by atoms with Crippen LogP contribution >= 0.6 is 0 Å². The third-order valence-electron chi connectivity index (χ3n) is 3.41. The molecule has 1 saturated heterocycles. The molecule has 1 heterocycles. The van der Waals surface area contributed by atoms with E-state index in [9.17, 15) is 10.1 Å². The normalized spacial score (nSPS) is 16.5. The van der Waals surface area contributed by atoms with Gasteiger partial charge in [0.25, 0.3) is 0 Å². The molecule has 1 aromatic carbocycles. The highest BCUT2D eigenvalue weighted by Crippen LogP contribution is 2.33. The SMILES string of the molecule is CC(C)Oc1cc(N2CCC(N)CC2)ccc1[N+](=O)[O-]. The summed E-state index contributed by atoms with van der Waals surface area (Å²) in [5, 5.41) is 11.0. The summed E-state index contributed by atoms with van der Waals surface area (Å²) in [6.07, 6.45) is 1.79. The summed E-state index contributed by atoms with van der Waals surface area (Å²) in [6, 6.07) is 5.31. The van der Waals surface area contributed by atoms with Crippen LogP contribution in [0.2, 0.25) is 0 Å². The van der Waals surface area contributed by atoms with Crippen molar-refractivity contribution in [3.63, 3.8) is 0 Å². The molecule has 1 aliphatic heterocycles. The predicted octanol–water partition coefficient (Wildman–Crippen LogP) is 2.31. The maximum Gasteiger partial charge on any atom is 0.311 e. The third kappa shape index (κ3) is 3.39. The van der Waals surface area contributed by atoms with Crippen LogP contribution in [0.15, 0.2) is 18.2 Å². The number of nitro groups is 1. The summed E-state index contributed by atoms with van der Waals surface area (Å²) in [5.41, 5.74) is 6.86. The number of nitrogens with zero attached hydrogens (tertiary/aromatic N) is 2. The smallest absolute Gasteiger partial charge is 0.311 e. The fourth-order valence-corrected chi connectivity index (χ4v) is 2.36. The van der Waals surface area contributed by atoms with E-state index in [1.807, 2.05) is 13.8 Å². The Kier molecular flexibility index (Phi) is 4.44. The molecule has 2 rings (SSSR count). The number of rotatable bonds is 4. The van der Waals surface area contributed by atoms with Gasteiger partial charge in [0.1, 0.15) is 0 Å². The third-order valence-corrected chi connectivity index (χ3v) is 3.41.